The van der Waals surface area contributed by atoms with Crippen molar-refractivity contribution in [3.8, 4) is 0 Å². The fourth-order valence-corrected chi connectivity index (χ4v) is 1.83. The van der Waals surface area contributed by atoms with Crippen molar-refractivity contribution in [3.05, 3.63) is 0 Å². The van der Waals surface area contributed by atoms with Gasteiger partial charge in [-0.2, -0.15) is 13.2 Å². The lowest BCUT2D eigenvalue weighted by atomic mass is 10.0. The Labute approximate surface area is 93.0 Å². The fourth-order valence-electron chi connectivity index (χ4n) is 1.83. The number of nitrogens with one attached hydrogen (secondary N) is 1. The summed E-state index contributed by atoms with van der Waals surface area (Å²) in [5.74, 6) is -2.71. The van der Waals surface area contributed by atoms with Crippen LogP contribution in [-0.4, -0.2) is 43.2 Å². The van der Waals surface area contributed by atoms with Crippen molar-refractivity contribution in [3.63, 3.8) is 0 Å². The van der Waals surface area contributed by atoms with Crippen LogP contribution in [-0.2, 0) is 4.79 Å². The first-order chi connectivity index (χ1) is 7.36. The van der Waals surface area contributed by atoms with Gasteiger partial charge < -0.3 is 10.2 Å². The van der Waals surface area contributed by atoms with Crippen LogP contribution in [0, 0.1) is 5.92 Å². The standard InChI is InChI=1S/C10H17F3N2O/c1-7(10(11,12)13)9(16)15-5-3-4-8(6-15)14-2/h7-8,14H,3-6H2,1-2H3. The summed E-state index contributed by atoms with van der Waals surface area (Å²) in [6.07, 6.45) is -2.79. The Bertz CT molecular complexity index is 255. The van der Waals surface area contributed by atoms with Crippen molar-refractivity contribution in [2.45, 2.75) is 32.0 Å². The van der Waals surface area contributed by atoms with Gasteiger partial charge in [-0.3, -0.25) is 4.79 Å². The molecule has 1 saturated heterocycles. The normalized spacial score (nSPS) is 24.3. The van der Waals surface area contributed by atoms with Gasteiger partial charge >= 0.3 is 6.18 Å². The smallest absolute Gasteiger partial charge is 0.341 e. The molecule has 6 heteroatoms. The van der Waals surface area contributed by atoms with Crippen LogP contribution in [0.3, 0.4) is 0 Å². The highest BCUT2D eigenvalue weighted by molar-refractivity contribution is 5.79. The molecule has 2 atom stereocenters. The predicted octanol–water partition coefficient (Wildman–Crippen LogP) is 1.40. The Hall–Kier alpha value is -0.780. The molecule has 94 valence electrons. The van der Waals surface area contributed by atoms with E-state index in [4.69, 9.17) is 0 Å². The zero-order valence-electron chi connectivity index (χ0n) is 9.47. The van der Waals surface area contributed by atoms with E-state index in [1.807, 2.05) is 0 Å². The fraction of sp³-hybridized carbons (Fsp3) is 0.900. The van der Waals surface area contributed by atoms with E-state index in [-0.39, 0.29) is 6.04 Å². The zero-order chi connectivity index (χ0) is 12.3. The third kappa shape index (κ3) is 3.10. The monoisotopic (exact) mass is 238 g/mol. The molecule has 0 bridgehead atoms. The highest BCUT2D eigenvalue weighted by atomic mass is 19.4. The number of alkyl halides is 3. The van der Waals surface area contributed by atoms with Crippen LogP contribution >= 0.6 is 0 Å². The van der Waals surface area contributed by atoms with Crippen molar-refractivity contribution >= 4 is 5.91 Å². The SMILES string of the molecule is CNC1CCCN(C(=O)C(C)C(F)(F)F)C1. The zero-order valence-corrected chi connectivity index (χ0v) is 9.47. The molecule has 3 nitrogen and oxygen atoms in total. The largest absolute Gasteiger partial charge is 0.400 e. The lowest BCUT2D eigenvalue weighted by Gasteiger charge is -2.34. The molecule has 0 saturated carbocycles. The minimum absolute atomic E-state index is 0.109. The summed E-state index contributed by atoms with van der Waals surface area (Å²) in [5.41, 5.74) is 0. The second-order valence-corrected chi connectivity index (χ2v) is 4.18. The maximum Gasteiger partial charge on any atom is 0.400 e. The van der Waals surface area contributed by atoms with Crippen LogP contribution in [0.15, 0.2) is 0 Å². The van der Waals surface area contributed by atoms with Gasteiger partial charge in [-0.25, -0.2) is 0 Å². The van der Waals surface area contributed by atoms with Crippen LogP contribution in [0.5, 0.6) is 0 Å². The third-order valence-corrected chi connectivity index (χ3v) is 3.00. The first kappa shape index (κ1) is 13.3. The van der Waals surface area contributed by atoms with Crippen molar-refractivity contribution in [2.24, 2.45) is 5.92 Å². The maximum absolute atomic E-state index is 12.4. The second-order valence-electron chi connectivity index (χ2n) is 4.18. The van der Waals surface area contributed by atoms with E-state index in [0.717, 1.165) is 19.8 Å². The highest BCUT2D eigenvalue weighted by Gasteiger charge is 2.43. The number of amides is 1. The summed E-state index contributed by atoms with van der Waals surface area (Å²) in [6, 6.07) is 0.109. The molecule has 0 aromatic carbocycles. The van der Waals surface area contributed by atoms with E-state index in [2.05, 4.69) is 5.32 Å². The van der Waals surface area contributed by atoms with Crippen LogP contribution in [0.25, 0.3) is 0 Å². The Morgan fingerprint density at radius 3 is 2.62 bits per heavy atom. The molecule has 2 unspecified atom stereocenters. The lowest BCUT2D eigenvalue weighted by molar-refractivity contribution is -0.186. The molecule has 1 aliphatic rings. The number of carbonyl (C=O) groups is 1. The van der Waals surface area contributed by atoms with E-state index in [9.17, 15) is 18.0 Å². The van der Waals surface area contributed by atoms with E-state index in [1.54, 1.807) is 7.05 Å². The van der Waals surface area contributed by atoms with Crippen molar-refractivity contribution in [1.29, 1.82) is 0 Å². The van der Waals surface area contributed by atoms with Crippen molar-refractivity contribution < 1.29 is 18.0 Å². The Balaban J connectivity index is 2.60. The quantitative estimate of drug-likeness (QED) is 0.788. The van der Waals surface area contributed by atoms with Crippen molar-refractivity contribution in [1.82, 2.24) is 10.2 Å². The number of likely N-dealkylation sites (tertiary alicyclic amines) is 1. The van der Waals surface area contributed by atoms with Crippen LogP contribution in [0.2, 0.25) is 0 Å². The topological polar surface area (TPSA) is 32.3 Å². The van der Waals surface area contributed by atoms with Gasteiger partial charge in [-0.15, -0.1) is 0 Å². The first-order valence-corrected chi connectivity index (χ1v) is 5.39. The average molecular weight is 238 g/mol. The molecule has 1 fully saturated rings. The van der Waals surface area contributed by atoms with E-state index < -0.39 is 18.0 Å². The molecule has 0 aromatic heterocycles. The van der Waals surface area contributed by atoms with E-state index in [1.165, 1.54) is 4.90 Å². The summed E-state index contributed by atoms with van der Waals surface area (Å²) in [5, 5.41) is 2.99. The number of hydrogen-bond donors (Lipinski definition) is 1. The Kier molecular flexibility index (Phi) is 4.18. The molecule has 1 aliphatic heterocycles. The van der Waals surface area contributed by atoms with Crippen LogP contribution in [0.1, 0.15) is 19.8 Å². The number of hydrogen-bond acceptors (Lipinski definition) is 2. The lowest BCUT2D eigenvalue weighted by Crippen LogP contribution is -2.50. The minimum Gasteiger partial charge on any atom is -0.341 e. The van der Waals surface area contributed by atoms with E-state index in [0.29, 0.717) is 13.1 Å². The van der Waals surface area contributed by atoms with Gasteiger partial charge in [0.15, 0.2) is 0 Å². The summed E-state index contributed by atoms with van der Waals surface area (Å²) >= 11 is 0. The molecule has 1 heterocycles. The molecular formula is C10H17F3N2O. The Morgan fingerprint density at radius 1 is 1.50 bits per heavy atom. The molecule has 0 aromatic rings. The number of rotatable bonds is 2. The molecule has 16 heavy (non-hydrogen) atoms. The van der Waals surface area contributed by atoms with Gasteiger partial charge in [-0.05, 0) is 26.8 Å². The maximum atomic E-state index is 12.4. The van der Waals surface area contributed by atoms with E-state index >= 15 is 0 Å². The van der Waals surface area contributed by atoms with Gasteiger partial charge in [-0.1, -0.05) is 0 Å². The number of halogens is 3. The highest BCUT2D eigenvalue weighted by Crippen LogP contribution is 2.28. The van der Waals surface area contributed by atoms with Gasteiger partial charge in [0, 0.05) is 19.1 Å². The second kappa shape index (κ2) is 5.03. The average Bonchev–Trinajstić information content (AvgIpc) is 2.26. The van der Waals surface area contributed by atoms with Gasteiger partial charge in [0.25, 0.3) is 0 Å². The molecule has 1 N–H and O–H groups in total. The number of piperidine rings is 1. The number of nitrogens with zero attached hydrogens (tertiary/aromatic N) is 1. The third-order valence-electron chi connectivity index (χ3n) is 3.00. The Morgan fingerprint density at radius 2 is 2.12 bits per heavy atom. The minimum atomic E-state index is -4.44. The van der Waals surface area contributed by atoms with Gasteiger partial charge in [0.05, 0.1) is 0 Å². The molecule has 1 rings (SSSR count). The van der Waals surface area contributed by atoms with Gasteiger partial charge in [0.1, 0.15) is 5.92 Å². The van der Waals surface area contributed by atoms with Crippen LogP contribution in [0.4, 0.5) is 13.2 Å². The number of carbonyl (C=O) groups excluding carboxylic acids is 1. The van der Waals surface area contributed by atoms with Gasteiger partial charge in [0.2, 0.25) is 5.91 Å². The summed E-state index contributed by atoms with van der Waals surface area (Å²) in [6.45, 7) is 1.72. The first-order valence-electron chi connectivity index (χ1n) is 5.39. The molecule has 0 aliphatic carbocycles. The summed E-state index contributed by atoms with van der Waals surface area (Å²) in [7, 11) is 1.76. The molecular weight excluding hydrogens is 221 g/mol. The molecule has 0 radical (unpaired) electrons. The predicted molar refractivity (Wildman–Crippen MR) is 53.9 cm³/mol. The molecule has 0 spiro atoms. The molecule has 1 amide bonds. The summed E-state index contributed by atoms with van der Waals surface area (Å²) < 4.78 is 37.1. The number of likely N-dealkylation sites (N-methyl/N-ethyl adjacent to an activating group) is 1. The van der Waals surface area contributed by atoms with Crippen LogP contribution < -0.4 is 5.32 Å². The van der Waals surface area contributed by atoms with Crippen molar-refractivity contribution in [2.75, 3.05) is 20.1 Å². The summed E-state index contributed by atoms with van der Waals surface area (Å²) in [4.78, 5) is 12.9.